The lowest BCUT2D eigenvalue weighted by molar-refractivity contribution is -0.385. The number of aryl methyl sites for hydroxylation is 1. The molecule has 0 aromatic heterocycles. The van der Waals surface area contributed by atoms with Gasteiger partial charge in [0.1, 0.15) is 17.1 Å². The van der Waals surface area contributed by atoms with Crippen molar-refractivity contribution in [2.75, 3.05) is 19.5 Å². The van der Waals surface area contributed by atoms with Crippen LogP contribution >= 0.6 is 0 Å². The van der Waals surface area contributed by atoms with Crippen molar-refractivity contribution in [1.82, 2.24) is 0 Å². The summed E-state index contributed by atoms with van der Waals surface area (Å²) in [7, 11) is 2.90. The number of benzene rings is 2. The number of carbonyl (C=O) groups is 1. The number of methoxy groups -OCH3 is 2. The Morgan fingerprint density at radius 1 is 1.13 bits per heavy atom. The Hall–Kier alpha value is -3.09. The number of ether oxygens (including phenoxy) is 2. The topological polar surface area (TPSA) is 90.7 Å². The SMILES string of the molecule is COc1ccc([N+](=O)[O-])c(C(=O)Nc2cc(C)ccc2OC)c1. The van der Waals surface area contributed by atoms with E-state index in [9.17, 15) is 14.9 Å². The third-order valence-electron chi connectivity index (χ3n) is 3.25. The van der Waals surface area contributed by atoms with Crippen LogP contribution in [-0.2, 0) is 0 Å². The van der Waals surface area contributed by atoms with E-state index in [4.69, 9.17) is 9.47 Å². The lowest BCUT2D eigenvalue weighted by Crippen LogP contribution is -2.15. The van der Waals surface area contributed by atoms with Gasteiger partial charge in [-0.15, -0.1) is 0 Å². The molecule has 2 rings (SSSR count). The van der Waals surface area contributed by atoms with Gasteiger partial charge in [0.25, 0.3) is 11.6 Å². The van der Waals surface area contributed by atoms with Gasteiger partial charge < -0.3 is 14.8 Å². The van der Waals surface area contributed by atoms with E-state index in [-0.39, 0.29) is 11.3 Å². The highest BCUT2D eigenvalue weighted by Crippen LogP contribution is 2.28. The Labute approximate surface area is 133 Å². The molecule has 0 spiro atoms. The van der Waals surface area contributed by atoms with Gasteiger partial charge >= 0.3 is 0 Å². The zero-order chi connectivity index (χ0) is 17.0. The summed E-state index contributed by atoms with van der Waals surface area (Å²) in [6.45, 7) is 1.86. The lowest BCUT2D eigenvalue weighted by atomic mass is 10.1. The highest BCUT2D eigenvalue weighted by Gasteiger charge is 2.22. The molecule has 23 heavy (non-hydrogen) atoms. The van der Waals surface area contributed by atoms with Crippen LogP contribution in [0.3, 0.4) is 0 Å². The molecule has 0 bridgehead atoms. The molecule has 0 radical (unpaired) electrons. The van der Waals surface area contributed by atoms with Gasteiger partial charge in [-0.3, -0.25) is 14.9 Å². The molecule has 0 saturated heterocycles. The molecule has 2 aromatic carbocycles. The first-order chi connectivity index (χ1) is 11.0. The van der Waals surface area contributed by atoms with Crippen LogP contribution in [-0.4, -0.2) is 25.1 Å². The van der Waals surface area contributed by atoms with E-state index in [0.717, 1.165) is 5.56 Å². The van der Waals surface area contributed by atoms with Gasteiger partial charge in [0.15, 0.2) is 0 Å². The Bertz CT molecular complexity index is 758. The zero-order valence-electron chi connectivity index (χ0n) is 13.0. The molecule has 120 valence electrons. The summed E-state index contributed by atoms with van der Waals surface area (Å²) in [6.07, 6.45) is 0. The maximum Gasteiger partial charge on any atom is 0.282 e. The molecule has 0 saturated carbocycles. The van der Waals surface area contributed by atoms with Crippen LogP contribution in [0.1, 0.15) is 15.9 Å². The van der Waals surface area contributed by atoms with Crippen molar-refractivity contribution in [1.29, 1.82) is 0 Å². The maximum absolute atomic E-state index is 12.5. The summed E-state index contributed by atoms with van der Waals surface area (Å²) < 4.78 is 10.2. The van der Waals surface area contributed by atoms with Crippen LogP contribution in [0.5, 0.6) is 11.5 Å². The van der Waals surface area contributed by atoms with Gasteiger partial charge in [0.05, 0.1) is 24.8 Å². The predicted octanol–water partition coefficient (Wildman–Crippen LogP) is 3.17. The number of anilines is 1. The Morgan fingerprint density at radius 2 is 1.87 bits per heavy atom. The summed E-state index contributed by atoms with van der Waals surface area (Å²) in [6, 6.07) is 9.27. The molecular formula is C16H16N2O5. The van der Waals surface area contributed by atoms with Crippen molar-refractivity contribution in [3.05, 3.63) is 57.6 Å². The monoisotopic (exact) mass is 316 g/mol. The fourth-order valence-electron chi connectivity index (χ4n) is 2.09. The van der Waals surface area contributed by atoms with Gasteiger partial charge in [-0.05, 0) is 36.8 Å². The molecule has 0 aliphatic heterocycles. The Kier molecular flexibility index (Phi) is 4.80. The second-order valence-corrected chi connectivity index (χ2v) is 4.80. The Balaban J connectivity index is 2.41. The second kappa shape index (κ2) is 6.78. The minimum absolute atomic E-state index is 0.0853. The summed E-state index contributed by atoms with van der Waals surface area (Å²) >= 11 is 0. The number of nitrogens with zero attached hydrogens (tertiary/aromatic N) is 1. The summed E-state index contributed by atoms with van der Waals surface area (Å²) in [5.41, 5.74) is 0.976. The predicted molar refractivity (Wildman–Crippen MR) is 85.3 cm³/mol. The second-order valence-electron chi connectivity index (χ2n) is 4.80. The van der Waals surface area contributed by atoms with Gasteiger partial charge in [-0.2, -0.15) is 0 Å². The van der Waals surface area contributed by atoms with Gasteiger partial charge in [-0.25, -0.2) is 0 Å². The number of amides is 1. The number of nitrogens with one attached hydrogen (secondary N) is 1. The molecule has 0 atom stereocenters. The summed E-state index contributed by atoms with van der Waals surface area (Å²) in [5.74, 6) is 0.214. The smallest absolute Gasteiger partial charge is 0.282 e. The van der Waals surface area contributed by atoms with Gasteiger partial charge in [-0.1, -0.05) is 6.07 Å². The van der Waals surface area contributed by atoms with Gasteiger partial charge in [0, 0.05) is 6.07 Å². The summed E-state index contributed by atoms with van der Waals surface area (Å²) in [4.78, 5) is 23.0. The highest BCUT2D eigenvalue weighted by molar-refractivity contribution is 6.08. The van der Waals surface area contributed by atoms with E-state index in [2.05, 4.69) is 5.32 Å². The van der Waals surface area contributed by atoms with Crippen molar-refractivity contribution in [3.8, 4) is 11.5 Å². The maximum atomic E-state index is 12.5. The van der Waals surface area contributed by atoms with E-state index in [0.29, 0.717) is 17.2 Å². The molecule has 2 aromatic rings. The molecule has 0 heterocycles. The normalized spacial score (nSPS) is 10.0. The van der Waals surface area contributed by atoms with Crippen LogP contribution in [0.15, 0.2) is 36.4 Å². The van der Waals surface area contributed by atoms with E-state index < -0.39 is 10.8 Å². The number of hydrogen-bond donors (Lipinski definition) is 1. The first-order valence-electron chi connectivity index (χ1n) is 6.74. The molecule has 0 aliphatic carbocycles. The third-order valence-corrected chi connectivity index (χ3v) is 3.25. The zero-order valence-corrected chi connectivity index (χ0v) is 13.0. The molecule has 7 nitrogen and oxygen atoms in total. The van der Waals surface area contributed by atoms with Crippen molar-refractivity contribution in [2.45, 2.75) is 6.92 Å². The number of nitro benzene ring substituents is 1. The Morgan fingerprint density at radius 3 is 2.48 bits per heavy atom. The highest BCUT2D eigenvalue weighted by atomic mass is 16.6. The quantitative estimate of drug-likeness (QED) is 0.676. The van der Waals surface area contributed by atoms with Crippen LogP contribution in [0.2, 0.25) is 0 Å². The molecule has 1 N–H and O–H groups in total. The van der Waals surface area contributed by atoms with Crippen LogP contribution in [0, 0.1) is 17.0 Å². The van der Waals surface area contributed by atoms with E-state index in [1.54, 1.807) is 12.1 Å². The fourth-order valence-corrected chi connectivity index (χ4v) is 2.09. The molecule has 0 fully saturated rings. The third kappa shape index (κ3) is 3.57. The van der Waals surface area contributed by atoms with E-state index in [1.165, 1.54) is 32.4 Å². The minimum Gasteiger partial charge on any atom is -0.497 e. The van der Waals surface area contributed by atoms with Crippen molar-refractivity contribution < 1.29 is 19.2 Å². The summed E-state index contributed by atoms with van der Waals surface area (Å²) in [5, 5.41) is 13.8. The molecule has 1 amide bonds. The van der Waals surface area contributed by atoms with Crippen LogP contribution in [0.25, 0.3) is 0 Å². The van der Waals surface area contributed by atoms with Gasteiger partial charge in [0.2, 0.25) is 0 Å². The number of rotatable bonds is 5. The molecular weight excluding hydrogens is 300 g/mol. The van der Waals surface area contributed by atoms with E-state index >= 15 is 0 Å². The van der Waals surface area contributed by atoms with E-state index in [1.807, 2.05) is 13.0 Å². The van der Waals surface area contributed by atoms with Crippen molar-refractivity contribution in [3.63, 3.8) is 0 Å². The number of hydrogen-bond acceptors (Lipinski definition) is 5. The lowest BCUT2D eigenvalue weighted by Gasteiger charge is -2.11. The first kappa shape index (κ1) is 16.3. The fraction of sp³-hybridized carbons (Fsp3) is 0.188. The number of nitro groups is 1. The molecule has 0 aliphatic rings. The van der Waals surface area contributed by atoms with Crippen LogP contribution in [0.4, 0.5) is 11.4 Å². The largest absolute Gasteiger partial charge is 0.497 e. The van der Waals surface area contributed by atoms with Crippen molar-refractivity contribution >= 4 is 17.3 Å². The molecule has 7 heteroatoms. The minimum atomic E-state index is -0.612. The van der Waals surface area contributed by atoms with Crippen LogP contribution < -0.4 is 14.8 Å². The molecule has 0 unspecified atom stereocenters. The average molecular weight is 316 g/mol. The standard InChI is InChI=1S/C16H16N2O5/c1-10-4-7-15(23-3)13(8-10)17-16(19)12-9-11(22-2)5-6-14(12)18(20)21/h4-9H,1-3H3,(H,17,19). The average Bonchev–Trinajstić information content (AvgIpc) is 2.54. The van der Waals surface area contributed by atoms with Crippen molar-refractivity contribution in [2.24, 2.45) is 0 Å². The number of carbonyl (C=O) groups excluding carboxylic acids is 1. The first-order valence-corrected chi connectivity index (χ1v) is 6.74.